The molecule has 3 rings (SSSR count). The Morgan fingerprint density at radius 3 is 2.93 bits per heavy atom. The molecule has 1 aliphatic rings. The molecule has 1 saturated carbocycles. The van der Waals surface area contributed by atoms with Crippen molar-refractivity contribution < 1.29 is 0 Å². The van der Waals surface area contributed by atoms with Crippen molar-refractivity contribution in [2.45, 2.75) is 31.7 Å². The fourth-order valence-corrected chi connectivity index (χ4v) is 2.66. The molecule has 2 heterocycles. The summed E-state index contributed by atoms with van der Waals surface area (Å²) in [7, 11) is 0. The number of pyridine rings is 1. The molecule has 0 aromatic carbocycles. The Morgan fingerprint density at radius 2 is 2.13 bits per heavy atom. The Balaban J connectivity index is 2.11. The molecule has 0 bridgehead atoms. The number of fused-ring (bicyclic) bond motifs is 1. The first-order valence-electron chi connectivity index (χ1n) is 5.47. The Hall–Kier alpha value is -1.02. The van der Waals surface area contributed by atoms with Gasteiger partial charge in [0, 0.05) is 23.8 Å². The van der Waals surface area contributed by atoms with E-state index < -0.39 is 0 Å². The van der Waals surface area contributed by atoms with E-state index in [0.29, 0.717) is 11.1 Å². The molecule has 0 radical (unpaired) electrons. The van der Waals surface area contributed by atoms with E-state index >= 15 is 0 Å². The van der Waals surface area contributed by atoms with Crippen LogP contribution < -0.4 is 0 Å². The normalized spacial score (nSPS) is 17.7. The van der Waals surface area contributed by atoms with Crippen molar-refractivity contribution in [1.82, 2.24) is 9.55 Å². The van der Waals surface area contributed by atoms with Crippen LogP contribution in [0.2, 0.25) is 5.02 Å². The van der Waals surface area contributed by atoms with E-state index in [1.165, 1.54) is 25.7 Å². The Bertz CT molecular complexity index is 483. The van der Waals surface area contributed by atoms with Gasteiger partial charge in [-0.2, -0.15) is 0 Å². The molecule has 0 amide bonds. The van der Waals surface area contributed by atoms with Crippen LogP contribution >= 0.6 is 11.6 Å². The number of aromatic nitrogens is 2. The molecule has 0 saturated heterocycles. The third-order valence-electron chi connectivity index (χ3n) is 3.24. The topological polar surface area (TPSA) is 17.8 Å². The van der Waals surface area contributed by atoms with Gasteiger partial charge in [0.2, 0.25) is 0 Å². The summed E-state index contributed by atoms with van der Waals surface area (Å²) in [6.07, 6.45) is 9.14. The SMILES string of the molecule is Clc1cnc2c(ccn2C2CCCC2)c1. The molecule has 0 atom stereocenters. The average molecular weight is 221 g/mol. The highest BCUT2D eigenvalue weighted by molar-refractivity contribution is 6.31. The zero-order chi connectivity index (χ0) is 10.3. The van der Waals surface area contributed by atoms with E-state index in [1.54, 1.807) is 6.20 Å². The van der Waals surface area contributed by atoms with Gasteiger partial charge >= 0.3 is 0 Å². The minimum Gasteiger partial charge on any atom is -0.329 e. The van der Waals surface area contributed by atoms with Crippen LogP contribution in [0.15, 0.2) is 24.5 Å². The van der Waals surface area contributed by atoms with Crippen molar-refractivity contribution in [1.29, 1.82) is 0 Å². The van der Waals surface area contributed by atoms with E-state index in [-0.39, 0.29) is 0 Å². The molecular weight excluding hydrogens is 208 g/mol. The maximum atomic E-state index is 5.92. The summed E-state index contributed by atoms with van der Waals surface area (Å²) in [5.41, 5.74) is 1.08. The minimum atomic E-state index is 0.649. The molecule has 3 heteroatoms. The second-order valence-corrected chi connectivity index (χ2v) is 4.66. The summed E-state index contributed by atoms with van der Waals surface area (Å²) >= 11 is 5.92. The van der Waals surface area contributed by atoms with E-state index in [4.69, 9.17) is 11.6 Å². The van der Waals surface area contributed by atoms with Crippen molar-refractivity contribution >= 4 is 22.6 Å². The molecule has 2 aromatic rings. The van der Waals surface area contributed by atoms with Crippen molar-refractivity contribution in [3.63, 3.8) is 0 Å². The van der Waals surface area contributed by atoms with Gasteiger partial charge in [-0.3, -0.25) is 0 Å². The van der Waals surface area contributed by atoms with E-state index in [2.05, 4.69) is 21.8 Å². The number of hydrogen-bond acceptors (Lipinski definition) is 1. The standard InChI is InChI=1S/C12H13ClN2/c13-10-7-9-5-6-15(12(9)14-8-10)11-3-1-2-4-11/h5-8,11H,1-4H2. The number of hydrogen-bond donors (Lipinski definition) is 0. The van der Waals surface area contributed by atoms with Gasteiger partial charge in [0.05, 0.1) is 5.02 Å². The zero-order valence-corrected chi connectivity index (χ0v) is 9.24. The molecular formula is C12H13ClN2. The molecule has 0 aliphatic heterocycles. The highest BCUT2D eigenvalue weighted by Gasteiger charge is 2.18. The predicted molar refractivity (Wildman–Crippen MR) is 62.2 cm³/mol. The predicted octanol–water partition coefficient (Wildman–Crippen LogP) is 3.80. The lowest BCUT2D eigenvalue weighted by Crippen LogP contribution is -2.03. The molecule has 0 N–H and O–H groups in total. The quantitative estimate of drug-likeness (QED) is 0.715. The van der Waals surface area contributed by atoms with Crippen LogP contribution in [0.5, 0.6) is 0 Å². The first-order chi connectivity index (χ1) is 7.34. The van der Waals surface area contributed by atoms with Gasteiger partial charge in [-0.25, -0.2) is 4.98 Å². The Labute approximate surface area is 93.9 Å². The van der Waals surface area contributed by atoms with Crippen LogP contribution in [0.25, 0.3) is 11.0 Å². The Kier molecular flexibility index (Phi) is 2.17. The molecule has 2 aromatic heterocycles. The number of halogens is 1. The van der Waals surface area contributed by atoms with E-state index in [0.717, 1.165) is 11.0 Å². The third kappa shape index (κ3) is 1.53. The number of nitrogens with zero attached hydrogens (tertiary/aromatic N) is 2. The van der Waals surface area contributed by atoms with Crippen LogP contribution in [-0.4, -0.2) is 9.55 Å². The fourth-order valence-electron chi connectivity index (χ4n) is 2.49. The highest BCUT2D eigenvalue weighted by atomic mass is 35.5. The molecule has 0 spiro atoms. The van der Waals surface area contributed by atoms with Crippen molar-refractivity contribution in [3.05, 3.63) is 29.5 Å². The van der Waals surface area contributed by atoms with Gasteiger partial charge in [0.15, 0.2) is 0 Å². The number of rotatable bonds is 1. The summed E-state index contributed by atoms with van der Waals surface area (Å²) in [4.78, 5) is 4.42. The van der Waals surface area contributed by atoms with Gasteiger partial charge in [-0.05, 0) is 25.0 Å². The average Bonchev–Trinajstić information content (AvgIpc) is 2.82. The van der Waals surface area contributed by atoms with Gasteiger partial charge in [-0.1, -0.05) is 24.4 Å². The second-order valence-electron chi connectivity index (χ2n) is 4.23. The fraction of sp³-hybridized carbons (Fsp3) is 0.417. The smallest absolute Gasteiger partial charge is 0.140 e. The van der Waals surface area contributed by atoms with Crippen molar-refractivity contribution in [2.75, 3.05) is 0 Å². The highest BCUT2D eigenvalue weighted by Crippen LogP contribution is 2.32. The summed E-state index contributed by atoms with van der Waals surface area (Å²) < 4.78 is 2.30. The van der Waals surface area contributed by atoms with Gasteiger partial charge < -0.3 is 4.57 Å². The summed E-state index contributed by atoms with van der Waals surface area (Å²) in [5.74, 6) is 0. The minimum absolute atomic E-state index is 0.649. The van der Waals surface area contributed by atoms with Crippen LogP contribution in [0.3, 0.4) is 0 Å². The molecule has 78 valence electrons. The first-order valence-corrected chi connectivity index (χ1v) is 5.84. The van der Waals surface area contributed by atoms with Gasteiger partial charge in [0.1, 0.15) is 5.65 Å². The van der Waals surface area contributed by atoms with E-state index in [9.17, 15) is 0 Å². The lowest BCUT2D eigenvalue weighted by Gasteiger charge is -2.12. The maximum Gasteiger partial charge on any atom is 0.140 e. The van der Waals surface area contributed by atoms with Gasteiger partial charge in [0.25, 0.3) is 0 Å². The largest absolute Gasteiger partial charge is 0.329 e. The summed E-state index contributed by atoms with van der Waals surface area (Å²) in [6, 6.07) is 4.73. The lowest BCUT2D eigenvalue weighted by atomic mass is 10.2. The second kappa shape index (κ2) is 3.53. The zero-order valence-electron chi connectivity index (χ0n) is 8.49. The Morgan fingerprint density at radius 1 is 1.33 bits per heavy atom. The summed E-state index contributed by atoms with van der Waals surface area (Å²) in [5, 5.41) is 1.86. The van der Waals surface area contributed by atoms with Gasteiger partial charge in [-0.15, -0.1) is 0 Å². The van der Waals surface area contributed by atoms with Crippen LogP contribution in [0, 0.1) is 0 Å². The molecule has 0 unspecified atom stereocenters. The molecule has 2 nitrogen and oxygen atoms in total. The van der Waals surface area contributed by atoms with Crippen molar-refractivity contribution in [3.8, 4) is 0 Å². The first kappa shape index (κ1) is 9.22. The monoisotopic (exact) mass is 220 g/mol. The lowest BCUT2D eigenvalue weighted by molar-refractivity contribution is 0.532. The van der Waals surface area contributed by atoms with Crippen molar-refractivity contribution in [2.24, 2.45) is 0 Å². The summed E-state index contributed by atoms with van der Waals surface area (Å²) in [6.45, 7) is 0. The van der Waals surface area contributed by atoms with Crippen LogP contribution in [0.4, 0.5) is 0 Å². The van der Waals surface area contributed by atoms with Crippen LogP contribution in [0.1, 0.15) is 31.7 Å². The molecule has 15 heavy (non-hydrogen) atoms. The molecule has 1 fully saturated rings. The van der Waals surface area contributed by atoms with E-state index in [1.807, 2.05) is 6.07 Å². The third-order valence-corrected chi connectivity index (χ3v) is 3.45. The maximum absolute atomic E-state index is 5.92. The molecule has 1 aliphatic carbocycles. The van der Waals surface area contributed by atoms with Crippen LogP contribution in [-0.2, 0) is 0 Å².